The van der Waals surface area contributed by atoms with E-state index >= 15 is 0 Å². The fraction of sp³-hybridized carbons (Fsp3) is 0.960. The number of ether oxygens (including phenoxy) is 2. The average Bonchev–Trinajstić information content (AvgIpc) is 3.19. The van der Waals surface area contributed by atoms with Crippen molar-refractivity contribution in [2.75, 3.05) is 32.8 Å². The van der Waals surface area contributed by atoms with Gasteiger partial charge < -0.3 is 14.4 Å². The predicted octanol–water partition coefficient (Wildman–Crippen LogP) is 15.8. The van der Waals surface area contributed by atoms with E-state index < -0.39 is 0 Å². The smallest absolute Gasteiger partial charge is 0.308 e. The molecule has 0 heterocycles. The van der Waals surface area contributed by atoms with E-state index in [2.05, 4.69) is 39.5 Å². The molecule has 5 heteroatoms. The molecule has 0 radical (unpaired) electrons. The van der Waals surface area contributed by atoms with Crippen LogP contribution in [-0.4, -0.2) is 49.7 Å². The SMILES string of the molecule is CCCCCCCCC(CCCCCC)C(=O)OCCCCCCN(CCCCCC)CCCCCCOC(=O)C(CCCCCC)CCCCCCCC. The molecule has 2 atom stereocenters. The molecule has 328 valence electrons. The van der Waals surface area contributed by atoms with Gasteiger partial charge in [-0.2, -0.15) is 0 Å². The third-order valence-electron chi connectivity index (χ3n) is 11.8. The van der Waals surface area contributed by atoms with Crippen molar-refractivity contribution in [3.8, 4) is 0 Å². The maximum atomic E-state index is 13.0. The van der Waals surface area contributed by atoms with Crippen molar-refractivity contribution in [1.82, 2.24) is 4.90 Å². The van der Waals surface area contributed by atoms with Crippen LogP contribution in [0.15, 0.2) is 0 Å². The Hall–Kier alpha value is -1.10. The Morgan fingerprint density at radius 1 is 0.327 bits per heavy atom. The summed E-state index contributed by atoms with van der Waals surface area (Å²) in [5.74, 6) is 0.368. The van der Waals surface area contributed by atoms with E-state index in [0.29, 0.717) is 13.2 Å². The first-order valence-corrected chi connectivity index (χ1v) is 25.1. The van der Waals surface area contributed by atoms with Crippen molar-refractivity contribution in [3.05, 3.63) is 0 Å². The van der Waals surface area contributed by atoms with Crippen LogP contribution >= 0.6 is 0 Å². The van der Waals surface area contributed by atoms with E-state index in [1.165, 1.54) is 187 Å². The number of hydrogen-bond donors (Lipinski definition) is 0. The molecule has 0 aromatic carbocycles. The van der Waals surface area contributed by atoms with Crippen LogP contribution in [0.1, 0.15) is 266 Å². The van der Waals surface area contributed by atoms with Crippen LogP contribution in [0.4, 0.5) is 0 Å². The third kappa shape index (κ3) is 37.0. The van der Waals surface area contributed by atoms with Crippen LogP contribution in [0.2, 0.25) is 0 Å². The highest BCUT2D eigenvalue weighted by Gasteiger charge is 2.20. The second-order valence-electron chi connectivity index (χ2n) is 17.3. The highest BCUT2D eigenvalue weighted by Crippen LogP contribution is 2.22. The van der Waals surface area contributed by atoms with Gasteiger partial charge in [-0.3, -0.25) is 9.59 Å². The first kappa shape index (κ1) is 53.9. The molecule has 0 aromatic rings. The van der Waals surface area contributed by atoms with Crippen LogP contribution in [-0.2, 0) is 19.1 Å². The molecule has 0 bridgehead atoms. The molecule has 5 nitrogen and oxygen atoms in total. The molecule has 2 unspecified atom stereocenters. The summed E-state index contributed by atoms with van der Waals surface area (Å²) in [5, 5.41) is 0. The lowest BCUT2D eigenvalue weighted by atomic mass is 9.94. The molecule has 0 saturated heterocycles. The van der Waals surface area contributed by atoms with Crippen LogP contribution in [0, 0.1) is 11.8 Å². The number of carbonyl (C=O) groups excluding carboxylic acids is 2. The minimum absolute atomic E-state index is 0.0759. The van der Waals surface area contributed by atoms with Crippen molar-refractivity contribution in [2.24, 2.45) is 11.8 Å². The molecule has 0 saturated carbocycles. The summed E-state index contributed by atoms with van der Waals surface area (Å²) in [6.07, 6.45) is 43.6. The van der Waals surface area contributed by atoms with Gasteiger partial charge in [0.25, 0.3) is 0 Å². The molecular weight excluding hydrogens is 679 g/mol. The topological polar surface area (TPSA) is 55.8 Å². The molecule has 0 spiro atoms. The van der Waals surface area contributed by atoms with Gasteiger partial charge >= 0.3 is 11.9 Å². The summed E-state index contributed by atoms with van der Waals surface area (Å²) in [5.41, 5.74) is 0. The Balaban J connectivity index is 4.42. The normalized spacial score (nSPS) is 12.7. The molecule has 0 aliphatic heterocycles. The summed E-state index contributed by atoms with van der Waals surface area (Å²) >= 11 is 0. The van der Waals surface area contributed by atoms with E-state index in [-0.39, 0.29) is 23.8 Å². The summed E-state index contributed by atoms with van der Waals surface area (Å²) in [6.45, 7) is 16.1. The number of rotatable bonds is 45. The second-order valence-corrected chi connectivity index (χ2v) is 17.3. The molecule has 0 amide bonds. The van der Waals surface area contributed by atoms with Crippen molar-refractivity contribution >= 4 is 11.9 Å². The monoisotopic (exact) mass is 778 g/mol. The lowest BCUT2D eigenvalue weighted by molar-refractivity contribution is -0.150. The van der Waals surface area contributed by atoms with Crippen molar-refractivity contribution in [2.45, 2.75) is 266 Å². The lowest BCUT2D eigenvalue weighted by Gasteiger charge is -2.22. The zero-order chi connectivity index (χ0) is 40.3. The Morgan fingerprint density at radius 2 is 0.564 bits per heavy atom. The highest BCUT2D eigenvalue weighted by atomic mass is 16.5. The van der Waals surface area contributed by atoms with Gasteiger partial charge in [0.05, 0.1) is 25.0 Å². The summed E-state index contributed by atoms with van der Waals surface area (Å²) in [7, 11) is 0. The van der Waals surface area contributed by atoms with Crippen LogP contribution in [0.25, 0.3) is 0 Å². The van der Waals surface area contributed by atoms with Crippen molar-refractivity contribution < 1.29 is 19.1 Å². The summed E-state index contributed by atoms with van der Waals surface area (Å²) < 4.78 is 11.7. The Bertz CT molecular complexity index is 730. The molecule has 0 aromatic heterocycles. The quantitative estimate of drug-likeness (QED) is 0.0455. The van der Waals surface area contributed by atoms with E-state index in [1.807, 2.05) is 0 Å². The standard InChI is InChI=1S/C50H99NO4/c1-6-11-16-21-23-31-40-47(38-29-18-13-8-3)49(52)54-45-36-27-25-34-43-51(42-33-20-15-10-5)44-35-26-28-37-46-55-50(53)48(39-30-19-14-9-4)41-32-24-22-17-12-7-2/h47-48H,6-46H2,1-5H3. The fourth-order valence-corrected chi connectivity index (χ4v) is 8.00. The molecule has 55 heavy (non-hydrogen) atoms. The largest absolute Gasteiger partial charge is 0.465 e. The van der Waals surface area contributed by atoms with Crippen LogP contribution < -0.4 is 0 Å². The van der Waals surface area contributed by atoms with Gasteiger partial charge in [0.2, 0.25) is 0 Å². The van der Waals surface area contributed by atoms with E-state index in [1.54, 1.807) is 0 Å². The number of esters is 2. The summed E-state index contributed by atoms with van der Waals surface area (Å²) in [6, 6.07) is 0. The van der Waals surface area contributed by atoms with E-state index in [0.717, 1.165) is 64.2 Å². The number of unbranched alkanes of at least 4 members (excludes halogenated alkanes) is 25. The number of nitrogens with zero attached hydrogens (tertiary/aromatic N) is 1. The van der Waals surface area contributed by atoms with Gasteiger partial charge in [0.15, 0.2) is 0 Å². The average molecular weight is 778 g/mol. The molecule has 0 rings (SSSR count). The first-order chi connectivity index (χ1) is 27.0. The Kier molecular flexibility index (Phi) is 43.1. The molecular formula is C50H99NO4. The highest BCUT2D eigenvalue weighted by molar-refractivity contribution is 5.72. The van der Waals surface area contributed by atoms with Gasteiger partial charge in [-0.25, -0.2) is 0 Å². The summed E-state index contributed by atoms with van der Waals surface area (Å²) in [4.78, 5) is 28.7. The van der Waals surface area contributed by atoms with Crippen LogP contribution in [0.3, 0.4) is 0 Å². The number of carbonyl (C=O) groups is 2. The predicted molar refractivity (Wildman–Crippen MR) is 240 cm³/mol. The number of hydrogen-bond acceptors (Lipinski definition) is 5. The molecule has 0 aliphatic carbocycles. The van der Waals surface area contributed by atoms with E-state index in [4.69, 9.17) is 9.47 Å². The Labute approximate surface area is 345 Å². The van der Waals surface area contributed by atoms with Gasteiger partial charge in [0.1, 0.15) is 0 Å². The van der Waals surface area contributed by atoms with Gasteiger partial charge in [-0.1, -0.05) is 208 Å². The van der Waals surface area contributed by atoms with Gasteiger partial charge in [-0.05, 0) is 77.4 Å². The fourth-order valence-electron chi connectivity index (χ4n) is 8.00. The lowest BCUT2D eigenvalue weighted by Crippen LogP contribution is -2.27. The molecule has 0 aliphatic rings. The minimum Gasteiger partial charge on any atom is -0.465 e. The van der Waals surface area contributed by atoms with Gasteiger partial charge in [0, 0.05) is 0 Å². The molecule has 0 fully saturated rings. The second kappa shape index (κ2) is 44.0. The minimum atomic E-state index is 0.0759. The third-order valence-corrected chi connectivity index (χ3v) is 11.8. The van der Waals surface area contributed by atoms with Crippen molar-refractivity contribution in [3.63, 3.8) is 0 Å². The Morgan fingerprint density at radius 3 is 0.891 bits per heavy atom. The first-order valence-electron chi connectivity index (χ1n) is 25.1. The maximum Gasteiger partial charge on any atom is 0.308 e. The van der Waals surface area contributed by atoms with E-state index in [9.17, 15) is 9.59 Å². The van der Waals surface area contributed by atoms with Crippen LogP contribution in [0.5, 0.6) is 0 Å². The zero-order valence-electron chi connectivity index (χ0n) is 38.2. The van der Waals surface area contributed by atoms with Crippen molar-refractivity contribution in [1.29, 1.82) is 0 Å². The zero-order valence-corrected chi connectivity index (χ0v) is 38.2. The maximum absolute atomic E-state index is 13.0. The molecule has 0 N–H and O–H groups in total. The van der Waals surface area contributed by atoms with Gasteiger partial charge in [-0.15, -0.1) is 0 Å².